The summed E-state index contributed by atoms with van der Waals surface area (Å²) in [6.45, 7) is 2.27. The molecule has 110 valence electrons. The first-order chi connectivity index (χ1) is 9.97. The molecule has 4 heteroatoms. The standard InChI is InChI=1S/C17H20N2O2/c1-12-5-4-6-13(9-12)11-21-17(20)14-7-8-16(19(2)3)15(18)10-14/h4-10H,11,18H2,1-3H3. The van der Waals surface area contributed by atoms with Gasteiger partial charge in [-0.1, -0.05) is 29.8 Å². The molecule has 0 aromatic heterocycles. The number of carbonyl (C=O) groups excluding carboxylic acids is 1. The fraction of sp³-hybridized carbons (Fsp3) is 0.235. The predicted molar refractivity (Wildman–Crippen MR) is 85.5 cm³/mol. The van der Waals surface area contributed by atoms with E-state index in [2.05, 4.69) is 0 Å². The molecular formula is C17H20N2O2. The fourth-order valence-corrected chi connectivity index (χ4v) is 2.12. The molecule has 2 aromatic rings. The van der Waals surface area contributed by atoms with Crippen molar-refractivity contribution in [3.05, 3.63) is 59.2 Å². The van der Waals surface area contributed by atoms with Gasteiger partial charge in [-0.25, -0.2) is 4.79 Å². The molecule has 0 aliphatic carbocycles. The van der Waals surface area contributed by atoms with E-state index in [-0.39, 0.29) is 12.6 Å². The van der Waals surface area contributed by atoms with Crippen molar-refractivity contribution in [2.24, 2.45) is 0 Å². The zero-order valence-corrected chi connectivity index (χ0v) is 12.6. The van der Waals surface area contributed by atoms with Crippen molar-refractivity contribution in [2.45, 2.75) is 13.5 Å². The van der Waals surface area contributed by atoms with E-state index < -0.39 is 0 Å². The molecule has 0 unspecified atom stereocenters. The van der Waals surface area contributed by atoms with Gasteiger partial charge >= 0.3 is 5.97 Å². The third kappa shape index (κ3) is 3.75. The Morgan fingerprint density at radius 1 is 1.19 bits per heavy atom. The molecule has 2 rings (SSSR count). The van der Waals surface area contributed by atoms with Crippen molar-refractivity contribution in [2.75, 3.05) is 24.7 Å². The maximum Gasteiger partial charge on any atom is 0.338 e. The Morgan fingerprint density at radius 3 is 2.57 bits per heavy atom. The van der Waals surface area contributed by atoms with E-state index in [0.29, 0.717) is 11.3 Å². The smallest absolute Gasteiger partial charge is 0.338 e. The molecule has 0 bridgehead atoms. The van der Waals surface area contributed by atoms with Crippen LogP contribution in [0.4, 0.5) is 11.4 Å². The van der Waals surface area contributed by atoms with E-state index in [1.54, 1.807) is 12.1 Å². The van der Waals surface area contributed by atoms with Gasteiger partial charge in [-0.05, 0) is 30.7 Å². The number of ether oxygens (including phenoxy) is 1. The van der Waals surface area contributed by atoms with Crippen LogP contribution in [0.1, 0.15) is 21.5 Å². The minimum Gasteiger partial charge on any atom is -0.457 e. The second kappa shape index (κ2) is 6.31. The number of nitrogen functional groups attached to an aromatic ring is 1. The quantitative estimate of drug-likeness (QED) is 0.692. The van der Waals surface area contributed by atoms with Crippen molar-refractivity contribution in [3.8, 4) is 0 Å². The Bertz CT molecular complexity index is 651. The fourth-order valence-electron chi connectivity index (χ4n) is 2.12. The lowest BCUT2D eigenvalue weighted by Gasteiger charge is -2.15. The topological polar surface area (TPSA) is 55.6 Å². The first kappa shape index (κ1) is 14.9. The van der Waals surface area contributed by atoms with Crippen molar-refractivity contribution >= 4 is 17.3 Å². The Labute approximate surface area is 125 Å². The monoisotopic (exact) mass is 284 g/mol. The second-order valence-corrected chi connectivity index (χ2v) is 5.23. The Kier molecular flexibility index (Phi) is 4.48. The lowest BCUT2D eigenvalue weighted by atomic mass is 10.1. The molecule has 0 atom stereocenters. The van der Waals surface area contributed by atoms with Crippen LogP contribution in [0.15, 0.2) is 42.5 Å². The second-order valence-electron chi connectivity index (χ2n) is 5.23. The lowest BCUT2D eigenvalue weighted by molar-refractivity contribution is 0.0472. The molecule has 0 spiro atoms. The van der Waals surface area contributed by atoms with E-state index >= 15 is 0 Å². The molecule has 0 saturated heterocycles. The number of aryl methyl sites for hydroxylation is 1. The predicted octanol–water partition coefficient (Wildman–Crippen LogP) is 3.00. The summed E-state index contributed by atoms with van der Waals surface area (Å²) in [5, 5.41) is 0. The minimum absolute atomic E-state index is 0.260. The van der Waals surface area contributed by atoms with Crippen LogP contribution in [0.3, 0.4) is 0 Å². The van der Waals surface area contributed by atoms with Crippen LogP contribution in [-0.4, -0.2) is 20.1 Å². The third-order valence-corrected chi connectivity index (χ3v) is 3.20. The molecule has 0 aliphatic heterocycles. The van der Waals surface area contributed by atoms with E-state index in [1.807, 2.05) is 56.3 Å². The molecule has 0 amide bonds. The lowest BCUT2D eigenvalue weighted by Crippen LogP contribution is -2.12. The Balaban J connectivity index is 2.05. The SMILES string of the molecule is Cc1cccc(COC(=O)c2ccc(N(C)C)c(N)c2)c1. The number of hydrogen-bond donors (Lipinski definition) is 1. The summed E-state index contributed by atoms with van der Waals surface area (Å²) in [6.07, 6.45) is 0. The van der Waals surface area contributed by atoms with Crippen molar-refractivity contribution in [3.63, 3.8) is 0 Å². The Hall–Kier alpha value is -2.49. The van der Waals surface area contributed by atoms with E-state index in [9.17, 15) is 4.79 Å². The van der Waals surface area contributed by atoms with Crippen LogP contribution in [-0.2, 0) is 11.3 Å². The van der Waals surface area contributed by atoms with Gasteiger partial charge in [-0.15, -0.1) is 0 Å². The number of nitrogens with two attached hydrogens (primary N) is 1. The maximum atomic E-state index is 12.0. The number of nitrogens with zero attached hydrogens (tertiary/aromatic N) is 1. The molecule has 2 aromatic carbocycles. The highest BCUT2D eigenvalue weighted by molar-refractivity contribution is 5.92. The van der Waals surface area contributed by atoms with Gasteiger partial charge in [0.25, 0.3) is 0 Å². The average Bonchev–Trinajstić information content (AvgIpc) is 2.44. The highest BCUT2D eigenvalue weighted by atomic mass is 16.5. The van der Waals surface area contributed by atoms with Gasteiger partial charge in [0, 0.05) is 14.1 Å². The van der Waals surface area contributed by atoms with Gasteiger partial charge in [-0.3, -0.25) is 0 Å². The van der Waals surface area contributed by atoms with Gasteiger partial charge in [0.2, 0.25) is 0 Å². The van der Waals surface area contributed by atoms with Gasteiger partial charge in [-0.2, -0.15) is 0 Å². The molecule has 0 aliphatic rings. The summed E-state index contributed by atoms with van der Waals surface area (Å²) < 4.78 is 5.32. The van der Waals surface area contributed by atoms with Crippen LogP contribution in [0.25, 0.3) is 0 Å². The number of hydrogen-bond acceptors (Lipinski definition) is 4. The summed E-state index contributed by atoms with van der Waals surface area (Å²) in [7, 11) is 3.81. The van der Waals surface area contributed by atoms with Gasteiger partial charge in [0.05, 0.1) is 16.9 Å². The Morgan fingerprint density at radius 2 is 1.95 bits per heavy atom. The first-order valence-corrected chi connectivity index (χ1v) is 6.77. The zero-order valence-electron chi connectivity index (χ0n) is 12.6. The number of benzene rings is 2. The van der Waals surface area contributed by atoms with E-state index in [1.165, 1.54) is 0 Å². The van der Waals surface area contributed by atoms with Crippen LogP contribution >= 0.6 is 0 Å². The summed E-state index contributed by atoms with van der Waals surface area (Å²) in [4.78, 5) is 13.9. The molecule has 0 fully saturated rings. The van der Waals surface area contributed by atoms with Crippen molar-refractivity contribution in [1.82, 2.24) is 0 Å². The summed E-state index contributed by atoms with van der Waals surface area (Å²) in [5.41, 5.74) is 9.96. The summed E-state index contributed by atoms with van der Waals surface area (Å²) >= 11 is 0. The summed E-state index contributed by atoms with van der Waals surface area (Å²) in [5.74, 6) is -0.367. The minimum atomic E-state index is -0.367. The largest absolute Gasteiger partial charge is 0.457 e. The number of anilines is 2. The molecule has 0 saturated carbocycles. The van der Waals surface area contributed by atoms with E-state index in [4.69, 9.17) is 10.5 Å². The molecular weight excluding hydrogens is 264 g/mol. The van der Waals surface area contributed by atoms with Crippen molar-refractivity contribution in [1.29, 1.82) is 0 Å². The molecule has 2 N–H and O–H groups in total. The number of rotatable bonds is 4. The highest BCUT2D eigenvalue weighted by Gasteiger charge is 2.10. The number of esters is 1. The molecule has 0 heterocycles. The van der Waals surface area contributed by atoms with Crippen LogP contribution in [0.2, 0.25) is 0 Å². The molecule has 21 heavy (non-hydrogen) atoms. The summed E-state index contributed by atoms with van der Waals surface area (Å²) in [6, 6.07) is 13.1. The first-order valence-electron chi connectivity index (χ1n) is 6.77. The van der Waals surface area contributed by atoms with Gasteiger partial charge in [0.1, 0.15) is 6.61 Å². The van der Waals surface area contributed by atoms with E-state index in [0.717, 1.165) is 16.8 Å². The number of carbonyl (C=O) groups is 1. The average molecular weight is 284 g/mol. The van der Waals surface area contributed by atoms with Crippen LogP contribution < -0.4 is 10.6 Å². The molecule has 4 nitrogen and oxygen atoms in total. The van der Waals surface area contributed by atoms with Gasteiger partial charge < -0.3 is 15.4 Å². The highest BCUT2D eigenvalue weighted by Crippen LogP contribution is 2.22. The van der Waals surface area contributed by atoms with Crippen LogP contribution in [0, 0.1) is 6.92 Å². The molecule has 0 radical (unpaired) electrons. The van der Waals surface area contributed by atoms with Crippen LogP contribution in [0.5, 0.6) is 0 Å². The maximum absolute atomic E-state index is 12.0. The van der Waals surface area contributed by atoms with Gasteiger partial charge in [0.15, 0.2) is 0 Å². The van der Waals surface area contributed by atoms with Crippen molar-refractivity contribution < 1.29 is 9.53 Å². The normalized spacial score (nSPS) is 10.2. The zero-order chi connectivity index (χ0) is 15.4. The third-order valence-electron chi connectivity index (χ3n) is 3.20.